The van der Waals surface area contributed by atoms with Crippen molar-refractivity contribution < 1.29 is 14.0 Å². The maximum atomic E-state index is 13.9. The van der Waals surface area contributed by atoms with Crippen molar-refractivity contribution in [1.29, 1.82) is 0 Å². The van der Waals surface area contributed by atoms with Crippen molar-refractivity contribution in [3.05, 3.63) is 64.4 Å². The Morgan fingerprint density at radius 1 is 1.17 bits per heavy atom. The van der Waals surface area contributed by atoms with E-state index in [4.69, 9.17) is 11.6 Å². The van der Waals surface area contributed by atoms with Gasteiger partial charge in [-0.25, -0.2) is 4.39 Å². The van der Waals surface area contributed by atoms with E-state index in [-0.39, 0.29) is 17.5 Å². The standard InChI is InChI=1S/C18H18ClFN2O2/c1-11(9-13-3-5-14(19)6-4-13)21-18(24)16-10-15(22-12(2)23)7-8-17(16)20/h3-8,10-11H,9H2,1-2H3,(H,21,24)(H,22,23). The molecule has 0 aliphatic rings. The molecular weight excluding hydrogens is 331 g/mol. The number of carbonyl (C=O) groups is 2. The van der Waals surface area contributed by atoms with Gasteiger partial charge in [0, 0.05) is 23.7 Å². The van der Waals surface area contributed by atoms with Crippen LogP contribution < -0.4 is 10.6 Å². The number of amides is 2. The van der Waals surface area contributed by atoms with E-state index < -0.39 is 11.7 Å². The van der Waals surface area contributed by atoms with Gasteiger partial charge < -0.3 is 10.6 Å². The third-order valence-corrected chi connectivity index (χ3v) is 3.62. The summed E-state index contributed by atoms with van der Waals surface area (Å²) in [7, 11) is 0. The highest BCUT2D eigenvalue weighted by Crippen LogP contribution is 2.16. The van der Waals surface area contributed by atoms with Crippen molar-refractivity contribution in [3.8, 4) is 0 Å². The molecule has 2 aromatic carbocycles. The molecule has 6 heteroatoms. The lowest BCUT2D eigenvalue weighted by molar-refractivity contribution is -0.114. The Balaban J connectivity index is 2.05. The van der Waals surface area contributed by atoms with E-state index in [1.807, 2.05) is 19.1 Å². The third kappa shape index (κ3) is 5.06. The van der Waals surface area contributed by atoms with Gasteiger partial charge in [-0.15, -0.1) is 0 Å². The number of carbonyl (C=O) groups excluding carboxylic acids is 2. The first-order valence-corrected chi connectivity index (χ1v) is 7.85. The summed E-state index contributed by atoms with van der Waals surface area (Å²) in [5.74, 6) is -1.45. The molecule has 0 spiro atoms. The fourth-order valence-electron chi connectivity index (χ4n) is 2.31. The first-order chi connectivity index (χ1) is 11.3. The van der Waals surface area contributed by atoms with Crippen LogP contribution in [-0.2, 0) is 11.2 Å². The van der Waals surface area contributed by atoms with Crippen molar-refractivity contribution in [3.63, 3.8) is 0 Å². The smallest absolute Gasteiger partial charge is 0.254 e. The Morgan fingerprint density at radius 3 is 2.46 bits per heavy atom. The van der Waals surface area contributed by atoms with E-state index in [1.165, 1.54) is 19.1 Å². The van der Waals surface area contributed by atoms with Gasteiger partial charge in [0.1, 0.15) is 5.82 Å². The highest BCUT2D eigenvalue weighted by Gasteiger charge is 2.15. The van der Waals surface area contributed by atoms with Crippen LogP contribution in [0.5, 0.6) is 0 Å². The molecule has 0 saturated carbocycles. The largest absolute Gasteiger partial charge is 0.349 e. The van der Waals surface area contributed by atoms with Gasteiger partial charge in [0.2, 0.25) is 5.91 Å². The van der Waals surface area contributed by atoms with Gasteiger partial charge in [0.15, 0.2) is 0 Å². The molecule has 2 rings (SSSR count). The van der Waals surface area contributed by atoms with Gasteiger partial charge in [-0.05, 0) is 49.2 Å². The van der Waals surface area contributed by atoms with Crippen LogP contribution in [0.2, 0.25) is 5.02 Å². The molecule has 0 fully saturated rings. The molecule has 0 aliphatic heterocycles. The average molecular weight is 349 g/mol. The van der Waals surface area contributed by atoms with Crippen LogP contribution in [0.4, 0.5) is 10.1 Å². The van der Waals surface area contributed by atoms with Crippen LogP contribution in [0.1, 0.15) is 29.8 Å². The lowest BCUT2D eigenvalue weighted by atomic mass is 10.1. The average Bonchev–Trinajstić information content (AvgIpc) is 2.51. The number of halogens is 2. The van der Waals surface area contributed by atoms with Crippen LogP contribution in [0.25, 0.3) is 0 Å². The second kappa shape index (κ2) is 7.93. The van der Waals surface area contributed by atoms with Gasteiger partial charge in [0.05, 0.1) is 5.56 Å². The molecule has 2 N–H and O–H groups in total. The first kappa shape index (κ1) is 17.9. The fraction of sp³-hybridized carbons (Fsp3) is 0.222. The molecule has 1 atom stereocenters. The number of hydrogen-bond acceptors (Lipinski definition) is 2. The van der Waals surface area contributed by atoms with E-state index in [1.54, 1.807) is 12.1 Å². The van der Waals surface area contributed by atoms with Crippen molar-refractivity contribution in [2.24, 2.45) is 0 Å². The molecule has 0 bridgehead atoms. The lowest BCUT2D eigenvalue weighted by Gasteiger charge is -2.15. The molecule has 1 unspecified atom stereocenters. The quantitative estimate of drug-likeness (QED) is 0.863. The minimum absolute atomic E-state index is 0.107. The van der Waals surface area contributed by atoms with Gasteiger partial charge in [-0.2, -0.15) is 0 Å². The monoisotopic (exact) mass is 348 g/mol. The predicted octanol–water partition coefficient (Wildman–Crippen LogP) is 3.80. The highest BCUT2D eigenvalue weighted by atomic mass is 35.5. The third-order valence-electron chi connectivity index (χ3n) is 3.36. The minimum Gasteiger partial charge on any atom is -0.349 e. The first-order valence-electron chi connectivity index (χ1n) is 7.47. The summed E-state index contributed by atoms with van der Waals surface area (Å²) in [5, 5.41) is 5.93. The SMILES string of the molecule is CC(=O)Nc1ccc(F)c(C(=O)NC(C)Cc2ccc(Cl)cc2)c1. The minimum atomic E-state index is -0.639. The summed E-state index contributed by atoms with van der Waals surface area (Å²) >= 11 is 5.84. The molecule has 24 heavy (non-hydrogen) atoms. The molecule has 126 valence electrons. The summed E-state index contributed by atoms with van der Waals surface area (Å²) in [6.07, 6.45) is 0.593. The zero-order chi connectivity index (χ0) is 17.7. The zero-order valence-corrected chi connectivity index (χ0v) is 14.2. The van der Waals surface area contributed by atoms with Gasteiger partial charge in [0.25, 0.3) is 5.91 Å². The fourth-order valence-corrected chi connectivity index (χ4v) is 2.43. The van der Waals surface area contributed by atoms with Crippen LogP contribution in [0.3, 0.4) is 0 Å². The second-order valence-electron chi connectivity index (χ2n) is 5.58. The molecule has 2 aromatic rings. The van der Waals surface area contributed by atoms with Gasteiger partial charge in [-0.1, -0.05) is 23.7 Å². The Labute approximate surface area is 145 Å². The highest BCUT2D eigenvalue weighted by molar-refractivity contribution is 6.30. The summed E-state index contributed by atoms with van der Waals surface area (Å²) in [5.41, 5.74) is 1.28. The Kier molecular flexibility index (Phi) is 5.93. The number of rotatable bonds is 5. The molecule has 0 heterocycles. The van der Waals surface area contributed by atoms with Crippen LogP contribution in [0, 0.1) is 5.82 Å². The molecular formula is C18H18ClFN2O2. The van der Waals surface area contributed by atoms with Crippen molar-refractivity contribution >= 4 is 29.1 Å². The van der Waals surface area contributed by atoms with Gasteiger partial charge in [-0.3, -0.25) is 9.59 Å². The number of benzene rings is 2. The van der Waals surface area contributed by atoms with E-state index in [2.05, 4.69) is 10.6 Å². The lowest BCUT2D eigenvalue weighted by Crippen LogP contribution is -2.34. The molecule has 4 nitrogen and oxygen atoms in total. The van der Waals surface area contributed by atoms with Crippen molar-refractivity contribution in [2.45, 2.75) is 26.3 Å². The summed E-state index contributed by atoms with van der Waals surface area (Å²) in [4.78, 5) is 23.3. The summed E-state index contributed by atoms with van der Waals surface area (Å²) in [6, 6.07) is 11.0. The van der Waals surface area contributed by atoms with Crippen molar-refractivity contribution in [2.75, 3.05) is 5.32 Å². The molecule has 0 radical (unpaired) electrons. The Morgan fingerprint density at radius 2 is 1.83 bits per heavy atom. The molecule has 0 aromatic heterocycles. The molecule has 0 aliphatic carbocycles. The number of hydrogen-bond donors (Lipinski definition) is 2. The zero-order valence-electron chi connectivity index (χ0n) is 13.4. The normalized spacial score (nSPS) is 11.7. The Bertz CT molecular complexity index is 747. The van der Waals surface area contributed by atoms with E-state index in [0.717, 1.165) is 11.6 Å². The summed E-state index contributed by atoms with van der Waals surface area (Å²) < 4.78 is 13.9. The number of anilines is 1. The Hall–Kier alpha value is -2.40. The maximum absolute atomic E-state index is 13.9. The van der Waals surface area contributed by atoms with E-state index in [0.29, 0.717) is 17.1 Å². The second-order valence-corrected chi connectivity index (χ2v) is 6.02. The van der Waals surface area contributed by atoms with E-state index in [9.17, 15) is 14.0 Å². The predicted molar refractivity (Wildman–Crippen MR) is 92.8 cm³/mol. The van der Waals surface area contributed by atoms with Crippen molar-refractivity contribution in [1.82, 2.24) is 5.32 Å². The van der Waals surface area contributed by atoms with Crippen LogP contribution in [0.15, 0.2) is 42.5 Å². The van der Waals surface area contributed by atoms with Gasteiger partial charge >= 0.3 is 0 Å². The van der Waals surface area contributed by atoms with Crippen LogP contribution >= 0.6 is 11.6 Å². The number of nitrogens with one attached hydrogen (secondary N) is 2. The van der Waals surface area contributed by atoms with Crippen LogP contribution in [-0.4, -0.2) is 17.9 Å². The summed E-state index contributed by atoms with van der Waals surface area (Å²) in [6.45, 7) is 3.18. The molecule has 0 saturated heterocycles. The maximum Gasteiger partial charge on any atom is 0.254 e. The van der Waals surface area contributed by atoms with E-state index >= 15 is 0 Å². The topological polar surface area (TPSA) is 58.2 Å². The molecule has 2 amide bonds.